The standard InChI is InChI=1S/C14H11N3O3S/c1-8-16-17-14(20-8)21-12(13(18)19)6-9-7-15-11-5-3-2-4-10(9)11/h2-7,15H,1H3,(H,18,19)/p-1/b12-6+. The van der Waals surface area contributed by atoms with E-state index in [1.165, 1.54) is 6.08 Å². The summed E-state index contributed by atoms with van der Waals surface area (Å²) in [5.41, 5.74) is 1.69. The summed E-state index contributed by atoms with van der Waals surface area (Å²) in [4.78, 5) is 14.4. The highest BCUT2D eigenvalue weighted by Gasteiger charge is 2.10. The number of aliphatic carboxylic acids is 1. The number of rotatable bonds is 4. The number of aromatic nitrogens is 3. The fourth-order valence-corrected chi connectivity index (χ4v) is 2.60. The van der Waals surface area contributed by atoms with Gasteiger partial charge in [0.15, 0.2) is 0 Å². The van der Waals surface area contributed by atoms with Crippen molar-refractivity contribution in [3.05, 3.63) is 46.8 Å². The third-order valence-corrected chi connectivity index (χ3v) is 3.66. The van der Waals surface area contributed by atoms with Crippen molar-refractivity contribution >= 4 is 34.7 Å². The van der Waals surface area contributed by atoms with Gasteiger partial charge in [-0.3, -0.25) is 0 Å². The number of benzene rings is 1. The Kier molecular flexibility index (Phi) is 3.49. The molecule has 3 aromatic rings. The van der Waals surface area contributed by atoms with Gasteiger partial charge in [0.25, 0.3) is 5.22 Å². The lowest BCUT2D eigenvalue weighted by atomic mass is 10.1. The predicted octanol–water partition coefficient (Wildman–Crippen LogP) is 1.74. The molecule has 0 atom stereocenters. The second kappa shape index (κ2) is 5.45. The fraction of sp³-hybridized carbons (Fsp3) is 0.0714. The Bertz CT molecular complexity index is 835. The first-order valence-electron chi connectivity index (χ1n) is 6.10. The van der Waals surface area contributed by atoms with Gasteiger partial charge in [-0.05, 0) is 23.9 Å². The first kappa shape index (κ1) is 13.4. The summed E-state index contributed by atoms with van der Waals surface area (Å²) in [5, 5.41) is 19.8. The molecule has 1 aromatic carbocycles. The van der Waals surface area contributed by atoms with Crippen molar-refractivity contribution in [2.24, 2.45) is 0 Å². The van der Waals surface area contributed by atoms with Gasteiger partial charge in [-0.15, -0.1) is 10.2 Å². The summed E-state index contributed by atoms with van der Waals surface area (Å²) >= 11 is 0.869. The number of hydrogen-bond acceptors (Lipinski definition) is 6. The minimum Gasteiger partial charge on any atom is -0.544 e. The van der Waals surface area contributed by atoms with Crippen molar-refractivity contribution in [3.63, 3.8) is 0 Å². The average molecular weight is 300 g/mol. The maximum atomic E-state index is 11.3. The number of para-hydroxylation sites is 1. The van der Waals surface area contributed by atoms with Gasteiger partial charge in [0.1, 0.15) is 0 Å². The molecular weight excluding hydrogens is 290 g/mol. The lowest BCUT2D eigenvalue weighted by molar-refractivity contribution is -0.298. The minimum atomic E-state index is -1.29. The largest absolute Gasteiger partial charge is 0.544 e. The number of fused-ring (bicyclic) bond motifs is 1. The van der Waals surface area contributed by atoms with Crippen molar-refractivity contribution in [2.45, 2.75) is 12.1 Å². The number of aryl methyl sites for hydroxylation is 1. The molecular formula is C14H10N3O3S-. The van der Waals surface area contributed by atoms with Gasteiger partial charge in [0, 0.05) is 34.5 Å². The maximum Gasteiger partial charge on any atom is 0.281 e. The first-order valence-corrected chi connectivity index (χ1v) is 6.92. The number of nitrogens with zero attached hydrogens (tertiary/aromatic N) is 2. The third-order valence-electron chi connectivity index (χ3n) is 2.81. The molecule has 0 spiro atoms. The number of carboxylic acids is 1. The van der Waals surface area contributed by atoms with Crippen LogP contribution in [0.5, 0.6) is 0 Å². The smallest absolute Gasteiger partial charge is 0.281 e. The highest BCUT2D eigenvalue weighted by atomic mass is 32.2. The first-order chi connectivity index (χ1) is 10.1. The Morgan fingerprint density at radius 1 is 1.38 bits per heavy atom. The third kappa shape index (κ3) is 2.82. The summed E-state index contributed by atoms with van der Waals surface area (Å²) in [6.45, 7) is 1.64. The van der Waals surface area contributed by atoms with Crippen LogP contribution in [0.1, 0.15) is 11.5 Å². The van der Waals surface area contributed by atoms with Gasteiger partial charge in [0.2, 0.25) is 5.89 Å². The number of hydrogen-bond donors (Lipinski definition) is 1. The second-order valence-corrected chi connectivity index (χ2v) is 5.27. The summed E-state index contributed by atoms with van der Waals surface area (Å²) < 4.78 is 5.17. The zero-order chi connectivity index (χ0) is 14.8. The predicted molar refractivity (Wildman–Crippen MR) is 76.2 cm³/mol. The van der Waals surface area contributed by atoms with Gasteiger partial charge in [-0.25, -0.2) is 0 Å². The van der Waals surface area contributed by atoms with Gasteiger partial charge in [-0.2, -0.15) is 0 Å². The Hall–Kier alpha value is -2.54. The number of carbonyl (C=O) groups excluding carboxylic acids is 1. The topological polar surface area (TPSA) is 94.8 Å². The van der Waals surface area contributed by atoms with E-state index < -0.39 is 5.97 Å². The Labute approximate surface area is 123 Å². The molecule has 0 radical (unpaired) electrons. The molecule has 2 heterocycles. The summed E-state index contributed by atoms with van der Waals surface area (Å²) in [6.07, 6.45) is 3.27. The van der Waals surface area contributed by atoms with Crippen molar-refractivity contribution < 1.29 is 14.3 Å². The highest BCUT2D eigenvalue weighted by Crippen LogP contribution is 2.28. The van der Waals surface area contributed by atoms with E-state index in [0.717, 1.165) is 28.2 Å². The van der Waals surface area contributed by atoms with E-state index in [1.54, 1.807) is 13.1 Å². The molecule has 0 bridgehead atoms. The van der Waals surface area contributed by atoms with Crippen LogP contribution in [0, 0.1) is 6.92 Å². The molecule has 0 aliphatic carbocycles. The molecule has 0 amide bonds. The van der Waals surface area contributed by atoms with Crippen LogP contribution in [0.4, 0.5) is 0 Å². The van der Waals surface area contributed by atoms with Crippen molar-refractivity contribution in [1.82, 2.24) is 15.2 Å². The number of thioether (sulfide) groups is 1. The van der Waals surface area contributed by atoms with E-state index in [2.05, 4.69) is 15.2 Å². The van der Waals surface area contributed by atoms with E-state index in [-0.39, 0.29) is 10.1 Å². The van der Waals surface area contributed by atoms with Gasteiger partial charge >= 0.3 is 0 Å². The van der Waals surface area contributed by atoms with Gasteiger partial charge in [-0.1, -0.05) is 18.2 Å². The zero-order valence-electron chi connectivity index (χ0n) is 11.0. The SMILES string of the molecule is Cc1nnc(S/C(=C/c2c[nH]c3ccccc23)C(=O)[O-])o1. The summed E-state index contributed by atoms with van der Waals surface area (Å²) in [6, 6.07) is 7.62. The molecule has 106 valence electrons. The Morgan fingerprint density at radius 2 is 2.19 bits per heavy atom. The highest BCUT2D eigenvalue weighted by molar-refractivity contribution is 8.03. The van der Waals surface area contributed by atoms with E-state index >= 15 is 0 Å². The number of nitrogens with one attached hydrogen (secondary N) is 1. The summed E-state index contributed by atoms with van der Waals surface area (Å²) in [5.74, 6) is -0.913. The van der Waals surface area contributed by atoms with Crippen LogP contribution in [-0.4, -0.2) is 21.2 Å². The van der Waals surface area contributed by atoms with E-state index in [1.807, 2.05) is 24.3 Å². The quantitative estimate of drug-likeness (QED) is 0.582. The molecule has 0 saturated carbocycles. The molecule has 0 saturated heterocycles. The minimum absolute atomic E-state index is 0.00315. The van der Waals surface area contributed by atoms with Crippen LogP contribution < -0.4 is 5.11 Å². The molecule has 7 heteroatoms. The normalized spacial score (nSPS) is 12.0. The van der Waals surface area contributed by atoms with Crippen LogP contribution in [0.3, 0.4) is 0 Å². The molecule has 0 fully saturated rings. The van der Waals surface area contributed by atoms with Crippen molar-refractivity contribution in [3.8, 4) is 0 Å². The summed E-state index contributed by atoms with van der Waals surface area (Å²) in [7, 11) is 0. The van der Waals surface area contributed by atoms with Crippen LogP contribution in [0.15, 0.2) is 45.0 Å². The number of H-pyrrole nitrogens is 1. The lowest BCUT2D eigenvalue weighted by Crippen LogP contribution is -2.22. The van der Waals surface area contributed by atoms with Crippen LogP contribution in [-0.2, 0) is 4.79 Å². The average Bonchev–Trinajstić information content (AvgIpc) is 3.05. The number of aromatic amines is 1. The second-order valence-electron chi connectivity index (χ2n) is 4.27. The molecule has 2 aromatic heterocycles. The van der Waals surface area contributed by atoms with E-state index in [0.29, 0.717) is 5.89 Å². The van der Waals surface area contributed by atoms with Crippen molar-refractivity contribution in [1.29, 1.82) is 0 Å². The molecule has 6 nitrogen and oxygen atoms in total. The van der Waals surface area contributed by atoms with Crippen LogP contribution in [0.25, 0.3) is 17.0 Å². The molecule has 0 aliphatic heterocycles. The Balaban J connectivity index is 1.98. The molecule has 3 rings (SSSR count). The van der Waals surface area contributed by atoms with Gasteiger partial charge < -0.3 is 19.3 Å². The fourth-order valence-electron chi connectivity index (χ4n) is 1.90. The molecule has 1 N–H and O–H groups in total. The molecule has 21 heavy (non-hydrogen) atoms. The van der Waals surface area contributed by atoms with Crippen LogP contribution in [0.2, 0.25) is 0 Å². The Morgan fingerprint density at radius 3 is 2.90 bits per heavy atom. The van der Waals surface area contributed by atoms with Gasteiger partial charge in [0.05, 0.1) is 5.97 Å². The van der Waals surface area contributed by atoms with Crippen LogP contribution >= 0.6 is 11.8 Å². The molecule has 0 aliphatic rings. The number of carbonyl (C=O) groups is 1. The monoisotopic (exact) mass is 300 g/mol. The van der Waals surface area contributed by atoms with E-state index in [4.69, 9.17) is 4.42 Å². The zero-order valence-corrected chi connectivity index (χ0v) is 11.8. The molecule has 0 unspecified atom stereocenters. The van der Waals surface area contributed by atoms with Crippen molar-refractivity contribution in [2.75, 3.05) is 0 Å². The number of carboxylic acid groups (broad SMARTS) is 1. The van der Waals surface area contributed by atoms with E-state index in [9.17, 15) is 9.90 Å². The lowest BCUT2D eigenvalue weighted by Gasteiger charge is -2.04. The maximum absolute atomic E-state index is 11.3.